The van der Waals surface area contributed by atoms with Crippen LogP contribution in [0.1, 0.15) is 23.7 Å². The Morgan fingerprint density at radius 3 is 2.79 bits per heavy atom. The van der Waals surface area contributed by atoms with Gasteiger partial charge in [-0.25, -0.2) is 4.39 Å². The van der Waals surface area contributed by atoms with Crippen LogP contribution in [-0.2, 0) is 0 Å². The van der Waals surface area contributed by atoms with Gasteiger partial charge in [0.15, 0.2) is 11.6 Å². The van der Waals surface area contributed by atoms with E-state index in [1.807, 2.05) is 6.92 Å². The summed E-state index contributed by atoms with van der Waals surface area (Å²) >= 11 is 5.19. The van der Waals surface area contributed by atoms with Gasteiger partial charge in [0.2, 0.25) is 0 Å². The highest BCUT2D eigenvalue weighted by molar-refractivity contribution is 6.67. The van der Waals surface area contributed by atoms with Crippen molar-refractivity contribution in [3.63, 3.8) is 0 Å². The molecule has 0 aliphatic rings. The fraction of sp³-hybridized carbons (Fsp3) is 0.300. The third-order valence-electron chi connectivity index (χ3n) is 1.62. The lowest BCUT2D eigenvalue weighted by atomic mass is 10.2. The molecule has 0 saturated carbocycles. The summed E-state index contributed by atoms with van der Waals surface area (Å²) in [6, 6.07) is 3.91. The van der Waals surface area contributed by atoms with Crippen LogP contribution in [0.15, 0.2) is 18.2 Å². The van der Waals surface area contributed by atoms with E-state index < -0.39 is 11.1 Å². The van der Waals surface area contributed by atoms with E-state index in [-0.39, 0.29) is 11.3 Å². The van der Waals surface area contributed by atoms with E-state index in [0.29, 0.717) is 6.61 Å². The van der Waals surface area contributed by atoms with Crippen LogP contribution < -0.4 is 4.74 Å². The number of benzene rings is 1. The second-order valence-corrected chi connectivity index (χ2v) is 3.11. The van der Waals surface area contributed by atoms with E-state index in [2.05, 4.69) is 0 Å². The molecular weight excluding hydrogens is 207 g/mol. The number of ether oxygens (including phenoxy) is 1. The Hall–Kier alpha value is -1.09. The number of halogens is 2. The minimum Gasteiger partial charge on any atom is -0.491 e. The van der Waals surface area contributed by atoms with Crippen LogP contribution in [0.2, 0.25) is 0 Å². The number of carbonyl (C=O) groups excluding carboxylic acids is 1. The molecule has 1 rings (SSSR count). The molecule has 0 heterocycles. The van der Waals surface area contributed by atoms with E-state index in [1.165, 1.54) is 12.1 Å². The molecule has 0 atom stereocenters. The quantitative estimate of drug-likeness (QED) is 0.724. The van der Waals surface area contributed by atoms with Crippen LogP contribution >= 0.6 is 11.6 Å². The zero-order valence-corrected chi connectivity index (χ0v) is 8.47. The molecule has 0 aliphatic carbocycles. The van der Waals surface area contributed by atoms with Crippen LogP contribution in [0.3, 0.4) is 0 Å². The lowest BCUT2D eigenvalue weighted by Gasteiger charge is -2.05. The molecule has 14 heavy (non-hydrogen) atoms. The molecule has 0 N–H and O–H groups in total. The zero-order valence-electron chi connectivity index (χ0n) is 7.72. The predicted octanol–water partition coefficient (Wildman–Crippen LogP) is 2.99. The summed E-state index contributed by atoms with van der Waals surface area (Å²) in [5.41, 5.74) is 0.132. The van der Waals surface area contributed by atoms with Crippen LogP contribution in [0.4, 0.5) is 4.39 Å². The van der Waals surface area contributed by atoms with E-state index >= 15 is 0 Å². The Morgan fingerprint density at radius 1 is 1.57 bits per heavy atom. The Morgan fingerprint density at radius 2 is 2.29 bits per heavy atom. The first-order valence-corrected chi connectivity index (χ1v) is 4.65. The van der Waals surface area contributed by atoms with E-state index in [1.54, 1.807) is 0 Å². The largest absolute Gasteiger partial charge is 0.491 e. The summed E-state index contributed by atoms with van der Waals surface area (Å²) in [6.45, 7) is 2.37. The van der Waals surface area contributed by atoms with Gasteiger partial charge in [0.25, 0.3) is 5.24 Å². The normalized spacial score (nSPS) is 9.93. The summed E-state index contributed by atoms with van der Waals surface area (Å²) in [4.78, 5) is 10.7. The second kappa shape index (κ2) is 4.96. The van der Waals surface area contributed by atoms with Crippen molar-refractivity contribution in [3.8, 4) is 5.75 Å². The second-order valence-electron chi connectivity index (χ2n) is 2.77. The molecule has 4 heteroatoms. The molecule has 0 spiro atoms. The van der Waals surface area contributed by atoms with Gasteiger partial charge in [0.05, 0.1) is 6.61 Å². The van der Waals surface area contributed by atoms with Gasteiger partial charge in [0.1, 0.15) is 0 Å². The number of hydrogen-bond donors (Lipinski definition) is 0. The highest BCUT2D eigenvalue weighted by Gasteiger charge is 2.07. The Bertz CT molecular complexity index is 339. The van der Waals surface area contributed by atoms with E-state index in [9.17, 15) is 9.18 Å². The smallest absolute Gasteiger partial charge is 0.252 e. The first-order valence-electron chi connectivity index (χ1n) is 4.27. The van der Waals surface area contributed by atoms with Gasteiger partial charge < -0.3 is 4.74 Å². The third-order valence-corrected chi connectivity index (χ3v) is 1.84. The molecule has 1 aromatic rings. The Kier molecular flexibility index (Phi) is 3.89. The lowest BCUT2D eigenvalue weighted by Crippen LogP contribution is -1.99. The highest BCUT2D eigenvalue weighted by Crippen LogP contribution is 2.19. The molecule has 0 bridgehead atoms. The topological polar surface area (TPSA) is 26.3 Å². The Balaban J connectivity index is 2.84. The lowest BCUT2D eigenvalue weighted by molar-refractivity contribution is 0.108. The van der Waals surface area contributed by atoms with Gasteiger partial charge in [0, 0.05) is 5.56 Å². The standard InChI is InChI=1S/C10H10ClFO2/c1-2-5-14-9-4-3-7(10(11)13)6-8(9)12/h3-4,6H,2,5H2,1H3. The maximum atomic E-state index is 13.2. The molecule has 0 radical (unpaired) electrons. The van der Waals surface area contributed by atoms with Crippen molar-refractivity contribution in [2.45, 2.75) is 13.3 Å². The summed E-state index contributed by atoms with van der Waals surface area (Å²) in [5, 5.41) is -0.675. The fourth-order valence-electron chi connectivity index (χ4n) is 0.952. The fourth-order valence-corrected chi connectivity index (χ4v) is 1.07. The first-order chi connectivity index (χ1) is 6.65. The Labute approximate surface area is 86.6 Å². The number of rotatable bonds is 4. The van der Waals surface area contributed by atoms with Crippen LogP contribution in [0.5, 0.6) is 5.75 Å². The average molecular weight is 217 g/mol. The van der Waals surface area contributed by atoms with Crippen LogP contribution in [-0.4, -0.2) is 11.8 Å². The maximum Gasteiger partial charge on any atom is 0.252 e. The van der Waals surface area contributed by atoms with Crippen molar-refractivity contribution in [1.29, 1.82) is 0 Å². The molecule has 0 aromatic heterocycles. The molecule has 0 unspecified atom stereocenters. The van der Waals surface area contributed by atoms with Crippen LogP contribution in [0.25, 0.3) is 0 Å². The molecule has 0 fully saturated rings. The maximum absolute atomic E-state index is 13.2. The van der Waals surface area contributed by atoms with Crippen LogP contribution in [0, 0.1) is 5.82 Å². The number of hydrogen-bond acceptors (Lipinski definition) is 2. The van der Waals surface area contributed by atoms with Gasteiger partial charge in [-0.3, -0.25) is 4.79 Å². The minimum absolute atomic E-state index is 0.132. The third kappa shape index (κ3) is 2.70. The first kappa shape index (κ1) is 11.0. The monoisotopic (exact) mass is 216 g/mol. The van der Waals surface area contributed by atoms with Gasteiger partial charge in [-0.1, -0.05) is 6.92 Å². The van der Waals surface area contributed by atoms with Crippen molar-refractivity contribution >= 4 is 16.8 Å². The van der Waals surface area contributed by atoms with Gasteiger partial charge in [-0.15, -0.1) is 0 Å². The molecule has 2 nitrogen and oxygen atoms in total. The summed E-state index contributed by atoms with van der Waals surface area (Å²) in [7, 11) is 0. The van der Waals surface area contributed by atoms with Gasteiger partial charge in [-0.2, -0.15) is 0 Å². The summed E-state index contributed by atoms with van der Waals surface area (Å²) < 4.78 is 18.3. The predicted molar refractivity (Wildman–Crippen MR) is 52.4 cm³/mol. The van der Waals surface area contributed by atoms with Crippen molar-refractivity contribution in [3.05, 3.63) is 29.6 Å². The zero-order chi connectivity index (χ0) is 10.6. The van der Waals surface area contributed by atoms with Crippen molar-refractivity contribution in [2.75, 3.05) is 6.61 Å². The molecule has 0 amide bonds. The van der Waals surface area contributed by atoms with Crippen molar-refractivity contribution < 1.29 is 13.9 Å². The summed E-state index contributed by atoms with van der Waals surface area (Å²) in [6.07, 6.45) is 0.801. The molecule has 76 valence electrons. The van der Waals surface area contributed by atoms with E-state index in [4.69, 9.17) is 16.3 Å². The highest BCUT2D eigenvalue weighted by atomic mass is 35.5. The van der Waals surface area contributed by atoms with E-state index in [0.717, 1.165) is 12.5 Å². The van der Waals surface area contributed by atoms with Crippen molar-refractivity contribution in [2.24, 2.45) is 0 Å². The molecule has 0 aliphatic heterocycles. The van der Waals surface area contributed by atoms with Crippen molar-refractivity contribution in [1.82, 2.24) is 0 Å². The van der Waals surface area contributed by atoms with Gasteiger partial charge >= 0.3 is 0 Å². The van der Waals surface area contributed by atoms with Gasteiger partial charge in [-0.05, 0) is 36.2 Å². The SMILES string of the molecule is CCCOc1ccc(C(=O)Cl)cc1F. The molecular formula is C10H10ClFO2. The molecule has 1 aromatic carbocycles. The summed E-state index contributed by atoms with van der Waals surface area (Å²) in [5.74, 6) is -0.418. The minimum atomic E-state index is -0.675. The number of carbonyl (C=O) groups is 1. The molecule has 0 saturated heterocycles. The average Bonchev–Trinajstić information content (AvgIpc) is 2.15.